The smallest absolute Gasteiger partial charge is 0.406 e. The number of hydrogen-bond donors (Lipinski definition) is 1. The lowest BCUT2D eigenvalue weighted by Crippen LogP contribution is -2.41. The highest BCUT2D eigenvalue weighted by Crippen LogP contribution is 2.52. The summed E-state index contributed by atoms with van der Waals surface area (Å²) in [7, 11) is 1.74. The molecule has 4 rings (SSSR count). The third kappa shape index (κ3) is 7.86. The maximum absolute atomic E-state index is 13.1. The van der Waals surface area contributed by atoms with Crippen molar-refractivity contribution in [2.75, 3.05) is 32.7 Å². The van der Waals surface area contributed by atoms with E-state index in [0.29, 0.717) is 37.0 Å². The number of benzene rings is 1. The lowest BCUT2D eigenvalue weighted by Gasteiger charge is -2.25. The molecule has 1 N–H and O–H groups in total. The Kier molecular flexibility index (Phi) is 7.91. The van der Waals surface area contributed by atoms with E-state index >= 15 is 0 Å². The molecule has 12 heteroatoms. The molecule has 2 heterocycles. The van der Waals surface area contributed by atoms with Crippen molar-refractivity contribution in [1.82, 2.24) is 24.7 Å². The molecule has 0 spiro atoms. The minimum atomic E-state index is -4.81. The minimum absolute atomic E-state index is 0.000650. The molecule has 0 bridgehead atoms. The number of rotatable bonds is 9. The molecule has 208 valence electrons. The molecular weight excluding hydrogens is 503 g/mol. The number of nitrogens with zero attached hydrogens (tertiary/aromatic N) is 4. The molecule has 2 aliphatic rings. The van der Waals surface area contributed by atoms with Gasteiger partial charge < -0.3 is 24.3 Å². The maximum atomic E-state index is 13.1. The lowest BCUT2D eigenvalue weighted by atomic mass is 9.97. The van der Waals surface area contributed by atoms with E-state index in [0.717, 1.165) is 13.1 Å². The SMILES string of the molecule is Cn1cnc(OC(=O)N(Cc2cccc(OC(F)(F)F)c2)CC2C3CN(CC(=O)NCC(C)(C)C)CC32)c1. The fourth-order valence-corrected chi connectivity index (χ4v) is 4.87. The number of amides is 2. The predicted molar refractivity (Wildman–Crippen MR) is 132 cm³/mol. The fraction of sp³-hybridized carbons (Fsp3) is 0.577. The Balaban J connectivity index is 1.37. The maximum Gasteiger partial charge on any atom is 0.573 e. The molecule has 2 fully saturated rings. The summed E-state index contributed by atoms with van der Waals surface area (Å²) in [5.74, 6) is 0.691. The van der Waals surface area contributed by atoms with Crippen molar-refractivity contribution in [2.24, 2.45) is 30.2 Å². The van der Waals surface area contributed by atoms with Gasteiger partial charge in [-0.1, -0.05) is 32.9 Å². The van der Waals surface area contributed by atoms with Gasteiger partial charge in [0.25, 0.3) is 0 Å². The first kappa shape index (κ1) is 27.7. The molecular formula is C26H34F3N5O4. The first-order valence-electron chi connectivity index (χ1n) is 12.5. The largest absolute Gasteiger partial charge is 0.573 e. The second-order valence-corrected chi connectivity index (χ2v) is 11.3. The van der Waals surface area contributed by atoms with Crippen molar-refractivity contribution in [2.45, 2.75) is 33.7 Å². The summed E-state index contributed by atoms with van der Waals surface area (Å²) in [6.07, 6.45) is -2.38. The van der Waals surface area contributed by atoms with Gasteiger partial charge in [0.1, 0.15) is 5.75 Å². The zero-order valence-corrected chi connectivity index (χ0v) is 22.0. The Hall–Kier alpha value is -3.28. The fourth-order valence-electron chi connectivity index (χ4n) is 4.87. The number of imidazole rings is 1. The summed E-state index contributed by atoms with van der Waals surface area (Å²) in [6.45, 7) is 9.09. The molecule has 1 saturated heterocycles. The Morgan fingerprint density at radius 1 is 1.18 bits per heavy atom. The molecule has 1 aliphatic carbocycles. The van der Waals surface area contributed by atoms with Crippen LogP contribution >= 0.6 is 0 Å². The third-order valence-electron chi connectivity index (χ3n) is 6.70. The number of nitrogens with one attached hydrogen (secondary N) is 1. The second-order valence-electron chi connectivity index (χ2n) is 11.3. The average molecular weight is 538 g/mol. The number of halogens is 3. The number of alkyl halides is 3. The number of carbonyl (C=O) groups excluding carboxylic acids is 2. The summed E-state index contributed by atoms with van der Waals surface area (Å²) >= 11 is 0. The molecule has 1 aliphatic heterocycles. The second kappa shape index (κ2) is 10.8. The van der Waals surface area contributed by atoms with E-state index in [2.05, 4.69) is 40.7 Å². The van der Waals surface area contributed by atoms with E-state index in [1.165, 1.54) is 29.4 Å². The standard InChI is InChI=1S/C26H34F3N5O4/c1-25(2,3)15-30-22(35)13-33-10-19-20(11-33)21(19)12-34(24(36)37-23-14-32(4)16-31-23)9-17-6-5-7-18(8-17)38-26(27,28)29/h5-8,14,16,19-21H,9-13,15H2,1-4H3,(H,30,35). The number of likely N-dealkylation sites (tertiary alicyclic amines) is 1. The van der Waals surface area contributed by atoms with Gasteiger partial charge in [-0.3, -0.25) is 9.69 Å². The van der Waals surface area contributed by atoms with Crippen LogP contribution in [0.1, 0.15) is 26.3 Å². The van der Waals surface area contributed by atoms with Crippen LogP contribution in [0.3, 0.4) is 0 Å². The number of fused-ring (bicyclic) bond motifs is 1. The van der Waals surface area contributed by atoms with E-state index < -0.39 is 12.5 Å². The number of piperidine rings is 1. The molecule has 2 unspecified atom stereocenters. The quantitative estimate of drug-likeness (QED) is 0.525. The number of aromatic nitrogens is 2. The highest BCUT2D eigenvalue weighted by Gasteiger charge is 2.56. The van der Waals surface area contributed by atoms with Gasteiger partial charge in [0.05, 0.1) is 19.1 Å². The normalized spacial score (nSPS) is 21.1. The van der Waals surface area contributed by atoms with Crippen LogP contribution < -0.4 is 14.8 Å². The molecule has 1 aromatic heterocycles. The van der Waals surface area contributed by atoms with Gasteiger partial charge in [0, 0.05) is 39.8 Å². The van der Waals surface area contributed by atoms with Crippen molar-refractivity contribution < 1.29 is 32.2 Å². The Labute approximate surface area is 219 Å². The van der Waals surface area contributed by atoms with Crippen molar-refractivity contribution in [3.05, 3.63) is 42.4 Å². The molecule has 1 saturated carbocycles. The van der Waals surface area contributed by atoms with Crippen molar-refractivity contribution in [3.8, 4) is 11.6 Å². The van der Waals surface area contributed by atoms with Gasteiger partial charge >= 0.3 is 12.5 Å². The van der Waals surface area contributed by atoms with Crippen LogP contribution in [0, 0.1) is 23.2 Å². The highest BCUT2D eigenvalue weighted by atomic mass is 19.4. The van der Waals surface area contributed by atoms with Crippen LogP contribution in [-0.2, 0) is 18.4 Å². The van der Waals surface area contributed by atoms with Gasteiger partial charge in [0.2, 0.25) is 11.8 Å². The van der Waals surface area contributed by atoms with Crippen LogP contribution in [0.5, 0.6) is 11.6 Å². The Morgan fingerprint density at radius 3 is 2.50 bits per heavy atom. The van der Waals surface area contributed by atoms with Gasteiger partial charge in [-0.15, -0.1) is 13.2 Å². The summed E-state index contributed by atoms with van der Waals surface area (Å²) in [4.78, 5) is 33.0. The molecule has 2 aromatic rings. The summed E-state index contributed by atoms with van der Waals surface area (Å²) < 4.78 is 49.2. The van der Waals surface area contributed by atoms with Gasteiger partial charge in [-0.05, 0) is 40.9 Å². The van der Waals surface area contributed by atoms with E-state index in [1.807, 2.05) is 0 Å². The minimum Gasteiger partial charge on any atom is -0.406 e. The van der Waals surface area contributed by atoms with Crippen molar-refractivity contribution in [1.29, 1.82) is 0 Å². The Bertz CT molecular complexity index is 1130. The first-order chi connectivity index (χ1) is 17.8. The molecule has 1 aromatic carbocycles. The first-order valence-corrected chi connectivity index (χ1v) is 12.5. The van der Waals surface area contributed by atoms with Crippen molar-refractivity contribution in [3.63, 3.8) is 0 Å². The van der Waals surface area contributed by atoms with Crippen LogP contribution in [0.25, 0.3) is 0 Å². The van der Waals surface area contributed by atoms with Gasteiger partial charge in [-0.2, -0.15) is 0 Å². The third-order valence-corrected chi connectivity index (χ3v) is 6.70. The van der Waals surface area contributed by atoms with Gasteiger partial charge in [-0.25, -0.2) is 9.78 Å². The average Bonchev–Trinajstić information content (AvgIpc) is 3.09. The van der Waals surface area contributed by atoms with Crippen LogP contribution in [0.2, 0.25) is 0 Å². The monoisotopic (exact) mass is 537 g/mol. The number of carbonyl (C=O) groups is 2. The zero-order valence-electron chi connectivity index (χ0n) is 22.0. The summed E-state index contributed by atoms with van der Waals surface area (Å²) in [5.41, 5.74) is 0.493. The molecule has 0 radical (unpaired) electrons. The molecule has 9 nitrogen and oxygen atoms in total. The van der Waals surface area contributed by atoms with Crippen LogP contribution in [-0.4, -0.2) is 70.4 Å². The topological polar surface area (TPSA) is 88.9 Å². The lowest BCUT2D eigenvalue weighted by molar-refractivity contribution is -0.274. The van der Waals surface area contributed by atoms with E-state index in [9.17, 15) is 22.8 Å². The predicted octanol–water partition coefficient (Wildman–Crippen LogP) is 3.66. The van der Waals surface area contributed by atoms with E-state index in [-0.39, 0.29) is 35.4 Å². The number of hydrogen-bond acceptors (Lipinski definition) is 6. The zero-order chi connectivity index (χ0) is 27.7. The Morgan fingerprint density at radius 2 is 1.89 bits per heavy atom. The summed E-state index contributed by atoms with van der Waals surface area (Å²) in [6, 6.07) is 5.56. The summed E-state index contributed by atoms with van der Waals surface area (Å²) in [5, 5.41) is 2.97. The molecule has 2 atom stereocenters. The number of ether oxygens (including phenoxy) is 2. The van der Waals surface area contributed by atoms with Gasteiger partial charge in [0.15, 0.2) is 0 Å². The molecule has 38 heavy (non-hydrogen) atoms. The molecule has 2 amide bonds. The van der Waals surface area contributed by atoms with Crippen LogP contribution in [0.4, 0.5) is 18.0 Å². The van der Waals surface area contributed by atoms with E-state index in [4.69, 9.17) is 4.74 Å². The highest BCUT2D eigenvalue weighted by molar-refractivity contribution is 5.78. The van der Waals surface area contributed by atoms with Crippen molar-refractivity contribution >= 4 is 12.0 Å². The van der Waals surface area contributed by atoms with Crippen LogP contribution in [0.15, 0.2) is 36.8 Å². The number of aryl methyl sites for hydroxylation is 1. The van der Waals surface area contributed by atoms with E-state index in [1.54, 1.807) is 23.9 Å².